The van der Waals surface area contributed by atoms with Crippen LogP contribution in [0.2, 0.25) is 0 Å². The predicted octanol–water partition coefficient (Wildman–Crippen LogP) is 1.29. The molecule has 0 aliphatic heterocycles. The molecule has 1 amide bonds. The van der Waals surface area contributed by atoms with Crippen molar-refractivity contribution in [3.8, 4) is 5.75 Å². The van der Waals surface area contributed by atoms with Crippen LogP contribution < -0.4 is 10.1 Å². The smallest absolute Gasteiger partial charge is 0.236 e. The summed E-state index contributed by atoms with van der Waals surface area (Å²) in [4.78, 5) is 13.2. The van der Waals surface area contributed by atoms with Crippen molar-refractivity contribution in [2.75, 3.05) is 27.7 Å². The molecule has 0 spiro atoms. The number of nitrogens with one attached hydrogen (secondary N) is 1. The molecule has 0 heterocycles. The van der Waals surface area contributed by atoms with Gasteiger partial charge in [0.05, 0.1) is 13.7 Å². The lowest BCUT2D eigenvalue weighted by atomic mass is 10.2. The van der Waals surface area contributed by atoms with E-state index in [9.17, 15) is 4.79 Å². The minimum Gasteiger partial charge on any atom is -0.497 e. The number of rotatable bonds is 5. The van der Waals surface area contributed by atoms with Crippen LogP contribution in [0.25, 0.3) is 0 Å². The van der Waals surface area contributed by atoms with Gasteiger partial charge < -0.3 is 15.0 Å². The molecule has 1 N–H and O–H groups in total. The van der Waals surface area contributed by atoms with Crippen LogP contribution in [0.5, 0.6) is 5.75 Å². The number of benzene rings is 1. The van der Waals surface area contributed by atoms with Gasteiger partial charge in [-0.1, -0.05) is 12.1 Å². The lowest BCUT2D eigenvalue weighted by molar-refractivity contribution is -0.129. The Bertz CT molecular complexity index is 358. The number of hydrogen-bond acceptors (Lipinski definition) is 3. The summed E-state index contributed by atoms with van der Waals surface area (Å²) in [6.07, 6.45) is 0. The topological polar surface area (TPSA) is 41.6 Å². The fourth-order valence-electron chi connectivity index (χ4n) is 1.42. The first-order valence-electron chi connectivity index (χ1n) is 5.19. The van der Waals surface area contributed by atoms with E-state index in [1.54, 1.807) is 26.1 Å². The Kier molecular flexibility index (Phi) is 7.34. The third-order valence-electron chi connectivity index (χ3n) is 2.31. The Morgan fingerprint density at radius 1 is 1.47 bits per heavy atom. The number of ether oxygens (including phenoxy) is 1. The third kappa shape index (κ3) is 5.06. The second kappa shape index (κ2) is 7.92. The van der Waals surface area contributed by atoms with E-state index in [4.69, 9.17) is 4.74 Å². The summed E-state index contributed by atoms with van der Waals surface area (Å²) in [5.74, 6) is 0.886. The van der Waals surface area contributed by atoms with E-state index in [1.165, 1.54) is 0 Å². The summed E-state index contributed by atoms with van der Waals surface area (Å²) in [5.41, 5.74) is 1.06. The normalized spacial score (nSPS) is 9.35. The molecule has 1 rings (SSSR count). The summed E-state index contributed by atoms with van der Waals surface area (Å²) >= 11 is 0. The van der Waals surface area contributed by atoms with E-state index >= 15 is 0 Å². The van der Waals surface area contributed by atoms with Gasteiger partial charge in [0.25, 0.3) is 0 Å². The number of nitrogens with zero attached hydrogens (tertiary/aromatic N) is 1. The quantitative estimate of drug-likeness (QED) is 0.866. The van der Waals surface area contributed by atoms with Gasteiger partial charge >= 0.3 is 0 Å². The highest BCUT2D eigenvalue weighted by Crippen LogP contribution is 2.13. The molecule has 0 atom stereocenters. The number of likely N-dealkylation sites (N-methyl/N-ethyl adjacent to an activating group) is 2. The fourth-order valence-corrected chi connectivity index (χ4v) is 1.42. The van der Waals surface area contributed by atoms with Gasteiger partial charge in [0.1, 0.15) is 5.75 Å². The summed E-state index contributed by atoms with van der Waals surface area (Å²) in [6, 6.07) is 7.72. The van der Waals surface area contributed by atoms with E-state index in [-0.39, 0.29) is 18.3 Å². The molecule has 1 aromatic rings. The Morgan fingerprint density at radius 3 is 2.76 bits per heavy atom. The second-order valence-electron chi connectivity index (χ2n) is 3.63. The molecule has 0 aliphatic carbocycles. The minimum atomic E-state index is 0. The number of hydrogen-bond donors (Lipinski definition) is 1. The highest BCUT2D eigenvalue weighted by molar-refractivity contribution is 5.85. The van der Waals surface area contributed by atoms with Gasteiger partial charge in [-0.15, -0.1) is 12.4 Å². The van der Waals surface area contributed by atoms with E-state index in [2.05, 4.69) is 5.32 Å². The first kappa shape index (κ1) is 15.7. The molecule has 4 nitrogen and oxygen atoms in total. The second-order valence-corrected chi connectivity index (χ2v) is 3.63. The van der Waals surface area contributed by atoms with Crippen molar-refractivity contribution in [3.63, 3.8) is 0 Å². The summed E-state index contributed by atoms with van der Waals surface area (Å²) < 4.78 is 5.13. The molecule has 0 saturated carbocycles. The molecular formula is C12H19ClN2O2. The Balaban J connectivity index is 0.00000256. The van der Waals surface area contributed by atoms with Crippen LogP contribution in [-0.4, -0.2) is 38.6 Å². The van der Waals surface area contributed by atoms with Crippen LogP contribution in [0.3, 0.4) is 0 Å². The van der Waals surface area contributed by atoms with Crippen LogP contribution >= 0.6 is 12.4 Å². The van der Waals surface area contributed by atoms with Gasteiger partial charge in [-0.05, 0) is 24.7 Å². The molecule has 0 aromatic heterocycles. The Labute approximate surface area is 108 Å². The zero-order chi connectivity index (χ0) is 12.0. The lowest BCUT2D eigenvalue weighted by Gasteiger charge is -2.17. The monoisotopic (exact) mass is 258 g/mol. The predicted molar refractivity (Wildman–Crippen MR) is 70.6 cm³/mol. The molecule has 1 aromatic carbocycles. The van der Waals surface area contributed by atoms with Gasteiger partial charge in [0, 0.05) is 13.6 Å². The number of amides is 1. The molecule has 0 saturated heterocycles. The molecule has 0 aliphatic rings. The zero-order valence-electron chi connectivity index (χ0n) is 10.4. The van der Waals surface area contributed by atoms with Gasteiger partial charge in [-0.25, -0.2) is 0 Å². The van der Waals surface area contributed by atoms with Crippen LogP contribution in [0, 0.1) is 0 Å². The first-order chi connectivity index (χ1) is 7.67. The molecule has 5 heteroatoms. The van der Waals surface area contributed by atoms with Crippen molar-refractivity contribution >= 4 is 18.3 Å². The summed E-state index contributed by atoms with van der Waals surface area (Å²) in [7, 11) is 5.19. The number of carbonyl (C=O) groups excluding carboxylic acids is 1. The maximum Gasteiger partial charge on any atom is 0.236 e. The van der Waals surface area contributed by atoms with Crippen molar-refractivity contribution in [3.05, 3.63) is 29.8 Å². The standard InChI is InChI=1S/C12H18N2O2.ClH/c1-13-8-12(15)14(2)9-10-5-4-6-11(7-10)16-3;/h4-7,13H,8-9H2,1-3H3;1H. The van der Waals surface area contributed by atoms with Gasteiger partial charge in [-0.3, -0.25) is 4.79 Å². The van der Waals surface area contributed by atoms with Gasteiger partial charge in [-0.2, -0.15) is 0 Å². The van der Waals surface area contributed by atoms with E-state index < -0.39 is 0 Å². The van der Waals surface area contributed by atoms with Crippen LogP contribution in [0.15, 0.2) is 24.3 Å². The Morgan fingerprint density at radius 2 is 2.18 bits per heavy atom. The van der Waals surface area contributed by atoms with Gasteiger partial charge in [0.15, 0.2) is 0 Å². The molecule has 0 unspecified atom stereocenters. The van der Waals surface area contributed by atoms with Crippen molar-refractivity contribution in [2.24, 2.45) is 0 Å². The maximum atomic E-state index is 11.5. The minimum absolute atomic E-state index is 0. The van der Waals surface area contributed by atoms with E-state index in [0.29, 0.717) is 13.1 Å². The van der Waals surface area contributed by atoms with Gasteiger partial charge in [0.2, 0.25) is 5.91 Å². The van der Waals surface area contributed by atoms with Crippen LogP contribution in [0.4, 0.5) is 0 Å². The lowest BCUT2D eigenvalue weighted by Crippen LogP contribution is -2.33. The molecule has 17 heavy (non-hydrogen) atoms. The fraction of sp³-hybridized carbons (Fsp3) is 0.417. The van der Waals surface area contributed by atoms with Crippen LogP contribution in [-0.2, 0) is 11.3 Å². The summed E-state index contributed by atoms with van der Waals surface area (Å²) in [6.45, 7) is 0.957. The summed E-state index contributed by atoms with van der Waals surface area (Å²) in [5, 5.41) is 2.84. The molecule has 0 bridgehead atoms. The first-order valence-corrected chi connectivity index (χ1v) is 5.19. The van der Waals surface area contributed by atoms with E-state index in [0.717, 1.165) is 11.3 Å². The number of methoxy groups -OCH3 is 1. The number of halogens is 1. The molecule has 0 fully saturated rings. The molecule has 0 radical (unpaired) electrons. The SMILES string of the molecule is CNCC(=O)N(C)Cc1cccc(OC)c1.Cl. The van der Waals surface area contributed by atoms with E-state index in [1.807, 2.05) is 24.3 Å². The Hall–Kier alpha value is -1.26. The van der Waals surface area contributed by atoms with Crippen LogP contribution in [0.1, 0.15) is 5.56 Å². The van der Waals surface area contributed by atoms with Crippen molar-refractivity contribution < 1.29 is 9.53 Å². The van der Waals surface area contributed by atoms with Crippen molar-refractivity contribution in [2.45, 2.75) is 6.54 Å². The molecular weight excluding hydrogens is 240 g/mol. The maximum absolute atomic E-state index is 11.5. The highest BCUT2D eigenvalue weighted by atomic mass is 35.5. The molecule has 96 valence electrons. The largest absolute Gasteiger partial charge is 0.497 e. The zero-order valence-corrected chi connectivity index (χ0v) is 11.2. The third-order valence-corrected chi connectivity index (χ3v) is 2.31. The average molecular weight is 259 g/mol. The van der Waals surface area contributed by atoms with Crippen molar-refractivity contribution in [1.82, 2.24) is 10.2 Å². The van der Waals surface area contributed by atoms with Crippen molar-refractivity contribution in [1.29, 1.82) is 0 Å². The average Bonchev–Trinajstić information content (AvgIpc) is 2.29. The highest BCUT2D eigenvalue weighted by Gasteiger charge is 2.07. The number of carbonyl (C=O) groups is 1.